The molecule has 0 fully saturated rings. The summed E-state index contributed by atoms with van der Waals surface area (Å²) in [5, 5.41) is 11.3. The maximum atomic E-state index is 12.5. The van der Waals surface area contributed by atoms with Crippen LogP contribution in [0, 0.1) is 30.9 Å². The highest BCUT2D eigenvalue weighted by atomic mass is 16.6. The molecule has 27 heavy (non-hydrogen) atoms. The van der Waals surface area contributed by atoms with Crippen molar-refractivity contribution in [3.8, 4) is 22.3 Å². The third-order valence-corrected chi connectivity index (χ3v) is 4.66. The van der Waals surface area contributed by atoms with Gasteiger partial charge in [-0.3, -0.25) is 10.1 Å². The number of hydrogen-bond donors (Lipinski definition) is 0. The quantitative estimate of drug-likeness (QED) is 0.350. The van der Waals surface area contributed by atoms with Crippen LogP contribution in [-0.2, 0) is 4.74 Å². The summed E-state index contributed by atoms with van der Waals surface area (Å²) in [4.78, 5) is 23.4. The summed E-state index contributed by atoms with van der Waals surface area (Å²) in [6.45, 7) is 7.53. The number of hydrogen-bond acceptors (Lipinski definition) is 4. The largest absolute Gasteiger partial charge is 0.462 e. The Morgan fingerprint density at radius 1 is 0.963 bits per heavy atom. The average Bonchev–Trinajstić information content (AvgIpc) is 2.85. The second-order valence-electron chi connectivity index (χ2n) is 6.65. The summed E-state index contributed by atoms with van der Waals surface area (Å²) in [6.07, 6.45) is 0. The first-order valence-electron chi connectivity index (χ1n) is 8.80. The van der Waals surface area contributed by atoms with Gasteiger partial charge in [0.1, 0.15) is 0 Å². The van der Waals surface area contributed by atoms with Gasteiger partial charge in [0.05, 0.1) is 17.1 Å². The first-order chi connectivity index (χ1) is 12.8. The number of ether oxygens (including phenoxy) is 1. The van der Waals surface area contributed by atoms with Crippen molar-refractivity contribution in [1.82, 2.24) is 0 Å². The Labute approximate surface area is 158 Å². The molecule has 0 atom stereocenters. The van der Waals surface area contributed by atoms with Gasteiger partial charge < -0.3 is 4.74 Å². The van der Waals surface area contributed by atoms with Crippen LogP contribution in [-0.4, -0.2) is 17.5 Å². The molecule has 1 aromatic rings. The summed E-state index contributed by atoms with van der Waals surface area (Å²) in [5.74, 6) is -0.368. The number of nitro groups is 1. The molecule has 0 N–H and O–H groups in total. The van der Waals surface area contributed by atoms with E-state index in [1.165, 1.54) is 0 Å². The Kier molecular flexibility index (Phi) is 4.95. The van der Waals surface area contributed by atoms with Crippen molar-refractivity contribution in [3.05, 3.63) is 74.8 Å². The van der Waals surface area contributed by atoms with Gasteiger partial charge in [-0.25, -0.2) is 4.79 Å². The van der Waals surface area contributed by atoms with Crippen molar-refractivity contribution < 1.29 is 14.5 Å². The van der Waals surface area contributed by atoms with Gasteiger partial charge in [0.2, 0.25) is 0 Å². The van der Waals surface area contributed by atoms with Crippen molar-refractivity contribution in [2.75, 3.05) is 6.61 Å². The minimum atomic E-state index is -0.368. The Balaban J connectivity index is 2.26. The topological polar surface area (TPSA) is 69.4 Å². The number of benzene rings is 1. The van der Waals surface area contributed by atoms with Gasteiger partial charge in [-0.2, -0.15) is 0 Å². The Bertz CT molecular complexity index is 1000. The second kappa shape index (κ2) is 7.19. The molecule has 0 spiro atoms. The van der Waals surface area contributed by atoms with Gasteiger partial charge in [0.15, 0.2) is 0 Å². The van der Waals surface area contributed by atoms with Crippen LogP contribution in [0.5, 0.6) is 0 Å². The van der Waals surface area contributed by atoms with Crippen molar-refractivity contribution in [3.63, 3.8) is 0 Å². The maximum Gasteiger partial charge on any atom is 0.338 e. The van der Waals surface area contributed by atoms with E-state index in [1.54, 1.807) is 32.9 Å². The lowest BCUT2D eigenvalue weighted by molar-refractivity contribution is -0.386. The summed E-state index contributed by atoms with van der Waals surface area (Å²) in [6, 6.07) is 13.3. The summed E-state index contributed by atoms with van der Waals surface area (Å²) >= 11 is 0. The van der Waals surface area contributed by atoms with Crippen molar-refractivity contribution in [2.45, 2.75) is 27.7 Å². The van der Waals surface area contributed by atoms with E-state index in [0.29, 0.717) is 23.3 Å². The number of rotatable bonds is 4. The highest BCUT2D eigenvalue weighted by Crippen LogP contribution is 2.41. The van der Waals surface area contributed by atoms with E-state index in [1.807, 2.05) is 37.3 Å². The number of esters is 1. The van der Waals surface area contributed by atoms with Gasteiger partial charge in [0, 0.05) is 11.1 Å². The zero-order chi connectivity index (χ0) is 19.7. The molecule has 0 unspecified atom stereocenters. The average molecular weight is 363 g/mol. The molecule has 1 aromatic carbocycles. The predicted octanol–water partition coefficient (Wildman–Crippen LogP) is 5.47. The van der Waals surface area contributed by atoms with Crippen molar-refractivity contribution in [2.24, 2.45) is 0 Å². The van der Waals surface area contributed by atoms with E-state index in [4.69, 9.17) is 4.74 Å². The van der Waals surface area contributed by atoms with Crippen LogP contribution >= 0.6 is 0 Å². The molecule has 2 aliphatic carbocycles. The van der Waals surface area contributed by atoms with Crippen molar-refractivity contribution in [1.29, 1.82) is 0 Å². The fraction of sp³-hybridized carbons (Fsp3) is 0.227. The minimum Gasteiger partial charge on any atom is -0.462 e. The molecular weight excluding hydrogens is 342 g/mol. The smallest absolute Gasteiger partial charge is 0.338 e. The Hall–Kier alpha value is -3.21. The first-order valence-corrected chi connectivity index (χ1v) is 8.80. The third kappa shape index (κ3) is 3.40. The third-order valence-electron chi connectivity index (χ3n) is 4.66. The number of nitrogens with zero attached hydrogens (tertiary/aromatic N) is 1. The normalized spacial score (nSPS) is 10.8. The van der Waals surface area contributed by atoms with Gasteiger partial charge >= 0.3 is 5.97 Å². The number of carbonyl (C=O) groups is 1. The van der Waals surface area contributed by atoms with E-state index >= 15 is 0 Å². The number of nitro benzene ring substituents is 1. The summed E-state index contributed by atoms with van der Waals surface area (Å²) in [7, 11) is 0. The molecule has 2 aliphatic rings. The van der Waals surface area contributed by atoms with Gasteiger partial charge in [-0.1, -0.05) is 29.8 Å². The van der Waals surface area contributed by atoms with Gasteiger partial charge in [0.25, 0.3) is 5.69 Å². The Morgan fingerprint density at radius 2 is 1.56 bits per heavy atom. The van der Waals surface area contributed by atoms with E-state index in [9.17, 15) is 14.9 Å². The van der Waals surface area contributed by atoms with Crippen LogP contribution in [0.15, 0.2) is 42.5 Å². The van der Waals surface area contributed by atoms with Crippen LogP contribution in [0.1, 0.15) is 34.0 Å². The lowest BCUT2D eigenvalue weighted by atomic mass is 9.97. The van der Waals surface area contributed by atoms with E-state index in [2.05, 4.69) is 0 Å². The molecule has 0 saturated heterocycles. The molecule has 5 heteroatoms. The molecule has 0 heterocycles. The van der Waals surface area contributed by atoms with Gasteiger partial charge in [-0.15, -0.1) is 0 Å². The van der Waals surface area contributed by atoms with Crippen LogP contribution < -0.4 is 0 Å². The van der Waals surface area contributed by atoms with Crippen molar-refractivity contribution >= 4 is 11.7 Å². The number of fused-ring (bicyclic) bond motifs is 1. The zero-order valence-corrected chi connectivity index (χ0v) is 15.8. The lowest BCUT2D eigenvalue weighted by Gasteiger charge is -2.07. The monoisotopic (exact) mass is 363 g/mol. The van der Waals surface area contributed by atoms with E-state index < -0.39 is 0 Å². The van der Waals surface area contributed by atoms with E-state index in [0.717, 1.165) is 27.8 Å². The zero-order valence-electron chi connectivity index (χ0n) is 15.8. The number of carbonyl (C=O) groups excluding carboxylic acids is 1. The predicted molar refractivity (Wildman–Crippen MR) is 105 cm³/mol. The molecule has 0 amide bonds. The van der Waals surface area contributed by atoms with Gasteiger partial charge in [-0.05, 0) is 68.1 Å². The van der Waals surface area contributed by atoms with Crippen LogP contribution in [0.3, 0.4) is 0 Å². The maximum absolute atomic E-state index is 12.5. The molecule has 0 radical (unpaired) electrons. The molecule has 5 nitrogen and oxygen atoms in total. The highest BCUT2D eigenvalue weighted by Gasteiger charge is 2.23. The molecule has 138 valence electrons. The van der Waals surface area contributed by atoms with Crippen LogP contribution in [0.25, 0.3) is 22.3 Å². The molecular formula is C22H21NO4. The highest BCUT2D eigenvalue weighted by molar-refractivity contribution is 6.04. The molecule has 0 aromatic heterocycles. The molecule has 0 bridgehead atoms. The molecule has 0 saturated carbocycles. The van der Waals surface area contributed by atoms with Crippen LogP contribution in [0.4, 0.5) is 5.69 Å². The lowest BCUT2D eigenvalue weighted by Crippen LogP contribution is -2.03. The standard InChI is InChI=1S/C22H21NO4/c1-5-27-22(24)20-12-19(17-8-6-13(2)7-9-18(17)20)16-10-14(3)21(23(25)26)15(4)11-16/h6-12H,5H2,1-4H3. The fourth-order valence-electron chi connectivity index (χ4n) is 3.45. The fourth-order valence-corrected chi connectivity index (χ4v) is 3.45. The molecule has 0 aliphatic heterocycles. The first kappa shape index (κ1) is 18.6. The minimum absolute atomic E-state index is 0.127. The second-order valence-corrected chi connectivity index (χ2v) is 6.65. The van der Waals surface area contributed by atoms with E-state index in [-0.39, 0.29) is 16.6 Å². The van der Waals surface area contributed by atoms with Crippen LogP contribution in [0.2, 0.25) is 0 Å². The molecule has 3 rings (SSSR count). The summed E-state index contributed by atoms with van der Waals surface area (Å²) < 4.78 is 5.22. The SMILES string of the molecule is CCOC(=O)c1cc(-c2cc(C)c([N+](=O)[O-])c(C)c2)c2ccc(C)ccc1-2. The Morgan fingerprint density at radius 3 is 2.11 bits per heavy atom. The number of aryl methyl sites for hydroxylation is 3. The summed E-state index contributed by atoms with van der Waals surface area (Å²) in [5.41, 5.74) is 6.33.